The van der Waals surface area contributed by atoms with Gasteiger partial charge in [-0.15, -0.1) is 0 Å². The van der Waals surface area contributed by atoms with Crippen LogP contribution in [0.5, 0.6) is 0 Å². The van der Waals surface area contributed by atoms with E-state index in [0.717, 1.165) is 0 Å². The predicted molar refractivity (Wildman–Crippen MR) is 53.9 cm³/mol. The van der Waals surface area contributed by atoms with Crippen LogP contribution in [-0.4, -0.2) is 20.6 Å². The molecule has 0 spiro atoms. The SMILES string of the molecule is Cn1c(C(=O)O)nc(=O)c2ccccc21. The molecule has 2 aromatic rings. The molecule has 0 aliphatic rings. The van der Waals surface area contributed by atoms with Crippen LogP contribution >= 0.6 is 0 Å². The van der Waals surface area contributed by atoms with Gasteiger partial charge in [-0.1, -0.05) is 12.1 Å². The van der Waals surface area contributed by atoms with Crippen LogP contribution in [0.1, 0.15) is 10.6 Å². The molecule has 0 radical (unpaired) electrons. The number of para-hydroxylation sites is 1. The quantitative estimate of drug-likeness (QED) is 0.739. The van der Waals surface area contributed by atoms with Crippen molar-refractivity contribution in [2.75, 3.05) is 0 Å². The summed E-state index contributed by atoms with van der Waals surface area (Å²) in [6.45, 7) is 0. The fourth-order valence-electron chi connectivity index (χ4n) is 1.48. The monoisotopic (exact) mass is 204 g/mol. The average molecular weight is 204 g/mol. The largest absolute Gasteiger partial charge is 0.475 e. The summed E-state index contributed by atoms with van der Waals surface area (Å²) in [5.41, 5.74) is 0.0519. The van der Waals surface area contributed by atoms with E-state index in [-0.39, 0.29) is 5.82 Å². The van der Waals surface area contributed by atoms with E-state index in [0.29, 0.717) is 10.9 Å². The fourth-order valence-corrected chi connectivity index (χ4v) is 1.48. The Morgan fingerprint density at radius 2 is 2.07 bits per heavy atom. The first-order valence-electron chi connectivity index (χ1n) is 4.30. The molecule has 0 aliphatic heterocycles. The Labute approximate surface area is 84.6 Å². The summed E-state index contributed by atoms with van der Waals surface area (Å²) in [7, 11) is 1.57. The second-order valence-corrected chi connectivity index (χ2v) is 3.12. The summed E-state index contributed by atoms with van der Waals surface area (Å²) in [5, 5.41) is 9.25. The number of benzene rings is 1. The van der Waals surface area contributed by atoms with Crippen LogP contribution in [0.2, 0.25) is 0 Å². The molecule has 0 aliphatic carbocycles. The number of carboxylic acids is 1. The van der Waals surface area contributed by atoms with Crippen molar-refractivity contribution in [3.63, 3.8) is 0 Å². The highest BCUT2D eigenvalue weighted by Gasteiger charge is 2.12. The molecule has 5 nitrogen and oxygen atoms in total. The van der Waals surface area contributed by atoms with E-state index in [4.69, 9.17) is 5.11 Å². The number of rotatable bonds is 1. The average Bonchev–Trinajstić information content (AvgIpc) is 2.23. The van der Waals surface area contributed by atoms with E-state index in [1.54, 1.807) is 31.3 Å². The number of nitrogens with zero attached hydrogens (tertiary/aromatic N) is 2. The summed E-state index contributed by atoms with van der Waals surface area (Å²) < 4.78 is 1.39. The van der Waals surface area contributed by atoms with Gasteiger partial charge in [0.1, 0.15) is 0 Å². The number of aromatic carboxylic acids is 1. The van der Waals surface area contributed by atoms with Gasteiger partial charge < -0.3 is 9.67 Å². The van der Waals surface area contributed by atoms with E-state index in [9.17, 15) is 9.59 Å². The first kappa shape index (κ1) is 9.39. The lowest BCUT2D eigenvalue weighted by molar-refractivity contribution is 0.0678. The highest BCUT2D eigenvalue weighted by molar-refractivity contribution is 5.87. The molecule has 0 amide bonds. The van der Waals surface area contributed by atoms with Crippen molar-refractivity contribution >= 4 is 16.9 Å². The molecule has 0 saturated carbocycles. The zero-order chi connectivity index (χ0) is 11.0. The van der Waals surface area contributed by atoms with Crippen molar-refractivity contribution in [2.24, 2.45) is 7.05 Å². The standard InChI is InChI=1S/C10H8N2O3/c1-12-7-5-3-2-4-6(7)9(13)11-8(12)10(14)15/h2-5H,1H3,(H,14,15). The molecule has 1 aromatic heterocycles. The summed E-state index contributed by atoms with van der Waals surface area (Å²) >= 11 is 0. The molecule has 2 rings (SSSR count). The molecule has 0 atom stereocenters. The third kappa shape index (κ3) is 1.38. The van der Waals surface area contributed by atoms with Gasteiger partial charge in [0, 0.05) is 7.05 Å². The molecule has 76 valence electrons. The van der Waals surface area contributed by atoms with Crippen molar-refractivity contribution in [1.82, 2.24) is 9.55 Å². The van der Waals surface area contributed by atoms with Gasteiger partial charge in [-0.2, -0.15) is 4.98 Å². The molecule has 1 N–H and O–H groups in total. The Kier molecular flexibility index (Phi) is 2.00. The van der Waals surface area contributed by atoms with Gasteiger partial charge in [0.25, 0.3) is 5.56 Å². The van der Waals surface area contributed by atoms with Crippen LogP contribution in [0.25, 0.3) is 10.9 Å². The zero-order valence-electron chi connectivity index (χ0n) is 7.97. The van der Waals surface area contributed by atoms with E-state index < -0.39 is 11.5 Å². The van der Waals surface area contributed by atoms with Crippen LogP contribution in [0.4, 0.5) is 0 Å². The maximum atomic E-state index is 11.5. The summed E-state index contributed by atoms with van der Waals surface area (Å²) in [6.07, 6.45) is 0. The summed E-state index contributed by atoms with van der Waals surface area (Å²) in [6, 6.07) is 6.76. The van der Waals surface area contributed by atoms with E-state index in [1.807, 2.05) is 0 Å². The molecule has 0 unspecified atom stereocenters. The minimum absolute atomic E-state index is 0.251. The summed E-state index contributed by atoms with van der Waals surface area (Å²) in [4.78, 5) is 25.8. The zero-order valence-corrected chi connectivity index (χ0v) is 7.97. The normalized spacial score (nSPS) is 10.5. The predicted octanol–water partition coefficient (Wildman–Crippen LogP) is 0.632. The maximum absolute atomic E-state index is 11.5. The van der Waals surface area contributed by atoms with Gasteiger partial charge in [0.2, 0.25) is 5.82 Å². The van der Waals surface area contributed by atoms with Crippen molar-refractivity contribution in [3.8, 4) is 0 Å². The Balaban J connectivity index is 2.97. The fraction of sp³-hybridized carbons (Fsp3) is 0.100. The van der Waals surface area contributed by atoms with E-state index in [1.165, 1.54) is 4.57 Å². The lowest BCUT2D eigenvalue weighted by atomic mass is 10.2. The van der Waals surface area contributed by atoms with E-state index >= 15 is 0 Å². The third-order valence-corrected chi connectivity index (χ3v) is 2.21. The van der Waals surface area contributed by atoms with Gasteiger partial charge in [0.05, 0.1) is 10.9 Å². The van der Waals surface area contributed by atoms with Crippen LogP contribution in [0, 0.1) is 0 Å². The van der Waals surface area contributed by atoms with Crippen molar-refractivity contribution in [2.45, 2.75) is 0 Å². The minimum atomic E-state index is -1.21. The molecule has 1 heterocycles. The van der Waals surface area contributed by atoms with Crippen LogP contribution in [-0.2, 0) is 7.05 Å². The van der Waals surface area contributed by atoms with Crippen LogP contribution in [0.3, 0.4) is 0 Å². The maximum Gasteiger partial charge on any atom is 0.372 e. The topological polar surface area (TPSA) is 72.2 Å². The smallest absolute Gasteiger partial charge is 0.372 e. The molecule has 15 heavy (non-hydrogen) atoms. The van der Waals surface area contributed by atoms with Crippen molar-refractivity contribution in [3.05, 3.63) is 40.4 Å². The first-order chi connectivity index (χ1) is 7.11. The van der Waals surface area contributed by atoms with Gasteiger partial charge in [-0.3, -0.25) is 4.79 Å². The Morgan fingerprint density at radius 3 is 2.73 bits per heavy atom. The number of aromatic nitrogens is 2. The van der Waals surface area contributed by atoms with Gasteiger partial charge in [-0.05, 0) is 12.1 Å². The molecule has 0 bridgehead atoms. The third-order valence-electron chi connectivity index (χ3n) is 2.21. The number of carbonyl (C=O) groups is 1. The van der Waals surface area contributed by atoms with Crippen LogP contribution < -0.4 is 5.56 Å². The van der Waals surface area contributed by atoms with Crippen LogP contribution in [0.15, 0.2) is 29.1 Å². The number of fused-ring (bicyclic) bond motifs is 1. The minimum Gasteiger partial charge on any atom is -0.475 e. The van der Waals surface area contributed by atoms with Crippen molar-refractivity contribution < 1.29 is 9.90 Å². The van der Waals surface area contributed by atoms with E-state index in [2.05, 4.69) is 4.98 Å². The van der Waals surface area contributed by atoms with Crippen molar-refractivity contribution in [1.29, 1.82) is 0 Å². The summed E-state index contributed by atoms with van der Waals surface area (Å²) in [5.74, 6) is -1.46. The van der Waals surface area contributed by atoms with Gasteiger partial charge >= 0.3 is 5.97 Å². The van der Waals surface area contributed by atoms with Gasteiger partial charge in [0.15, 0.2) is 0 Å². The molecule has 1 aromatic carbocycles. The number of aryl methyl sites for hydroxylation is 1. The number of carboxylic acid groups (broad SMARTS) is 1. The highest BCUT2D eigenvalue weighted by atomic mass is 16.4. The molecular formula is C10H8N2O3. The number of hydrogen-bond acceptors (Lipinski definition) is 3. The second kappa shape index (κ2) is 3.20. The molecule has 0 saturated heterocycles. The van der Waals surface area contributed by atoms with Gasteiger partial charge in [-0.25, -0.2) is 4.79 Å². The Hall–Kier alpha value is -2.17. The second-order valence-electron chi connectivity index (χ2n) is 3.12. The molecule has 5 heteroatoms. The Bertz CT molecular complexity index is 601. The number of hydrogen-bond donors (Lipinski definition) is 1. The highest BCUT2D eigenvalue weighted by Crippen LogP contribution is 2.09. The molecular weight excluding hydrogens is 196 g/mol. The lowest BCUT2D eigenvalue weighted by Gasteiger charge is -2.06. The molecule has 0 fully saturated rings. The lowest BCUT2D eigenvalue weighted by Crippen LogP contribution is -2.20. The first-order valence-corrected chi connectivity index (χ1v) is 4.30. The Morgan fingerprint density at radius 1 is 1.40 bits per heavy atom.